The molecule has 0 unspecified atom stereocenters. The van der Waals surface area contributed by atoms with E-state index in [2.05, 4.69) is 40.7 Å². The zero-order valence-electron chi connectivity index (χ0n) is 14.7. The Morgan fingerprint density at radius 3 is 2.86 bits per heavy atom. The van der Waals surface area contributed by atoms with Gasteiger partial charge in [0.25, 0.3) is 5.91 Å². The Labute approximate surface area is 165 Å². The average Bonchev–Trinajstić information content (AvgIpc) is 3.42. The summed E-state index contributed by atoms with van der Waals surface area (Å²) in [5.74, 6) is 0.0830. The molecule has 0 aliphatic carbocycles. The second kappa shape index (κ2) is 8.63. The third-order valence-corrected chi connectivity index (χ3v) is 4.12. The summed E-state index contributed by atoms with van der Waals surface area (Å²) in [6.07, 6.45) is 5.13. The Morgan fingerprint density at radius 1 is 1.36 bits per heavy atom. The van der Waals surface area contributed by atoms with Crippen LogP contribution in [0.4, 0.5) is 5.82 Å². The van der Waals surface area contributed by atoms with Crippen LogP contribution in [0.3, 0.4) is 0 Å². The van der Waals surface area contributed by atoms with E-state index in [0.29, 0.717) is 18.0 Å². The molecular formula is C15H18ClN9O3. The minimum absolute atomic E-state index is 0. The van der Waals surface area contributed by atoms with Crippen LogP contribution in [-0.2, 0) is 6.54 Å². The molecule has 3 N–H and O–H groups in total. The molecule has 4 heterocycles. The maximum absolute atomic E-state index is 12.8. The van der Waals surface area contributed by atoms with Crippen LogP contribution < -0.4 is 11.2 Å². The number of hydrogen-bond donors (Lipinski definition) is 2. The molecule has 13 heteroatoms. The molecule has 0 atom stereocenters. The summed E-state index contributed by atoms with van der Waals surface area (Å²) < 4.78 is 10.9. The van der Waals surface area contributed by atoms with Crippen molar-refractivity contribution in [2.45, 2.75) is 19.4 Å². The van der Waals surface area contributed by atoms with Gasteiger partial charge in [-0.1, -0.05) is 5.21 Å². The van der Waals surface area contributed by atoms with Crippen LogP contribution in [0.5, 0.6) is 0 Å². The first-order valence-corrected chi connectivity index (χ1v) is 8.34. The topological polar surface area (TPSA) is 153 Å². The van der Waals surface area contributed by atoms with E-state index >= 15 is 0 Å². The average molecular weight is 408 g/mol. The number of nitrogen functional groups attached to an aromatic ring is 1. The van der Waals surface area contributed by atoms with Crippen LogP contribution in [0, 0.1) is 0 Å². The zero-order valence-corrected chi connectivity index (χ0v) is 15.5. The van der Waals surface area contributed by atoms with Gasteiger partial charge in [0, 0.05) is 6.54 Å². The van der Waals surface area contributed by atoms with Gasteiger partial charge in [0.2, 0.25) is 11.6 Å². The first-order chi connectivity index (χ1) is 13.2. The zero-order chi connectivity index (χ0) is 18.6. The smallest absolute Gasteiger partial charge is 0.292 e. The number of hydrogen-bond acceptors (Lipinski definition) is 10. The third-order valence-electron chi connectivity index (χ3n) is 4.12. The minimum Gasteiger partial charge on any atom is -0.463 e. The Morgan fingerprint density at radius 2 is 2.18 bits per heavy atom. The van der Waals surface area contributed by atoms with Crippen LogP contribution in [-0.4, -0.2) is 55.4 Å². The Hall–Kier alpha value is -3.25. The maximum Gasteiger partial charge on any atom is 0.292 e. The molecule has 28 heavy (non-hydrogen) atoms. The molecule has 1 aliphatic rings. The molecule has 1 aliphatic heterocycles. The fourth-order valence-electron chi connectivity index (χ4n) is 2.86. The highest BCUT2D eigenvalue weighted by Gasteiger charge is 2.26. The van der Waals surface area contributed by atoms with Crippen LogP contribution >= 0.6 is 12.4 Å². The summed E-state index contributed by atoms with van der Waals surface area (Å²) in [7, 11) is 0. The molecule has 12 nitrogen and oxygen atoms in total. The van der Waals surface area contributed by atoms with Crippen LogP contribution in [0.2, 0.25) is 0 Å². The van der Waals surface area contributed by atoms with E-state index in [1.54, 1.807) is 12.1 Å². The highest BCUT2D eigenvalue weighted by molar-refractivity contribution is 5.94. The fraction of sp³-hybridized carbons (Fsp3) is 0.333. The summed E-state index contributed by atoms with van der Waals surface area (Å²) in [5, 5.41) is 19.3. The van der Waals surface area contributed by atoms with Crippen molar-refractivity contribution in [1.29, 1.82) is 0 Å². The van der Waals surface area contributed by atoms with Gasteiger partial charge in [0.1, 0.15) is 11.5 Å². The van der Waals surface area contributed by atoms with Gasteiger partial charge in [-0.25, -0.2) is 10.1 Å². The molecule has 0 radical (unpaired) electrons. The van der Waals surface area contributed by atoms with Crippen molar-refractivity contribution in [1.82, 2.24) is 35.6 Å². The second-order valence-electron chi connectivity index (χ2n) is 5.97. The lowest BCUT2D eigenvalue weighted by atomic mass is 10.3. The van der Waals surface area contributed by atoms with E-state index in [1.165, 1.54) is 17.2 Å². The number of rotatable bonds is 6. The number of carbonyl (C=O) groups excluding carboxylic acids is 1. The summed E-state index contributed by atoms with van der Waals surface area (Å²) in [4.78, 5) is 15.0. The van der Waals surface area contributed by atoms with E-state index in [-0.39, 0.29) is 29.7 Å². The monoisotopic (exact) mass is 407 g/mol. The molecule has 1 saturated heterocycles. The highest BCUT2D eigenvalue weighted by Crippen LogP contribution is 2.18. The SMILES string of the molecule is Cl.Nc1nonc1-n1nnc(CN2CCCC2)c1C(=O)N/N=C/c1ccco1. The number of likely N-dealkylation sites (tertiary alicyclic amines) is 1. The van der Waals surface area contributed by atoms with E-state index < -0.39 is 5.91 Å². The molecule has 1 fully saturated rings. The molecule has 148 valence electrons. The van der Waals surface area contributed by atoms with Gasteiger partial charge in [-0.2, -0.15) is 9.78 Å². The van der Waals surface area contributed by atoms with Crippen molar-refractivity contribution >= 4 is 30.3 Å². The normalized spacial score (nSPS) is 14.4. The molecule has 4 rings (SSSR count). The van der Waals surface area contributed by atoms with Gasteiger partial charge < -0.3 is 10.2 Å². The number of nitrogens with one attached hydrogen (secondary N) is 1. The lowest BCUT2D eigenvalue weighted by molar-refractivity contribution is 0.0945. The molecule has 0 spiro atoms. The summed E-state index contributed by atoms with van der Waals surface area (Å²) in [6.45, 7) is 2.37. The second-order valence-corrected chi connectivity index (χ2v) is 5.97. The Bertz CT molecular complexity index is 944. The highest BCUT2D eigenvalue weighted by atomic mass is 35.5. The first-order valence-electron chi connectivity index (χ1n) is 8.34. The molecule has 3 aromatic heterocycles. The summed E-state index contributed by atoms with van der Waals surface area (Å²) in [5.41, 5.74) is 8.84. The van der Waals surface area contributed by atoms with Crippen molar-refractivity contribution < 1.29 is 13.8 Å². The molecule has 0 bridgehead atoms. The summed E-state index contributed by atoms with van der Waals surface area (Å²) in [6, 6.07) is 3.43. The molecule has 0 saturated carbocycles. The van der Waals surface area contributed by atoms with Gasteiger partial charge in [-0.3, -0.25) is 9.69 Å². The number of furan rings is 1. The summed E-state index contributed by atoms with van der Waals surface area (Å²) >= 11 is 0. The largest absolute Gasteiger partial charge is 0.463 e. The van der Waals surface area contributed by atoms with Crippen molar-refractivity contribution in [3.8, 4) is 5.82 Å². The molecular weight excluding hydrogens is 390 g/mol. The predicted octanol–water partition coefficient (Wildman–Crippen LogP) is 0.607. The number of hydrazone groups is 1. The maximum atomic E-state index is 12.8. The van der Waals surface area contributed by atoms with E-state index in [1.807, 2.05) is 0 Å². The number of amides is 1. The number of aromatic nitrogens is 5. The van der Waals surface area contributed by atoms with Crippen LogP contribution in [0.15, 0.2) is 32.5 Å². The van der Waals surface area contributed by atoms with Crippen molar-refractivity contribution in [3.05, 3.63) is 35.5 Å². The number of nitrogens with zero attached hydrogens (tertiary/aromatic N) is 7. The lowest BCUT2D eigenvalue weighted by Gasteiger charge is -2.13. The number of anilines is 1. The first kappa shape index (κ1) is 19.5. The Balaban J connectivity index is 0.00000225. The third kappa shape index (κ3) is 4.02. The predicted molar refractivity (Wildman–Crippen MR) is 99.2 cm³/mol. The molecule has 3 aromatic rings. The minimum atomic E-state index is -0.514. The van der Waals surface area contributed by atoms with E-state index in [9.17, 15) is 4.79 Å². The van der Waals surface area contributed by atoms with Gasteiger partial charge in [-0.05, 0) is 48.4 Å². The Kier molecular flexibility index (Phi) is 6.01. The number of nitrogens with two attached hydrogens (primary N) is 1. The van der Waals surface area contributed by atoms with Crippen molar-refractivity contribution in [2.75, 3.05) is 18.8 Å². The van der Waals surface area contributed by atoms with Crippen LogP contribution in [0.25, 0.3) is 5.82 Å². The van der Waals surface area contributed by atoms with E-state index in [0.717, 1.165) is 25.9 Å². The van der Waals surface area contributed by atoms with Crippen molar-refractivity contribution in [3.63, 3.8) is 0 Å². The lowest BCUT2D eigenvalue weighted by Crippen LogP contribution is -2.26. The van der Waals surface area contributed by atoms with Gasteiger partial charge >= 0.3 is 0 Å². The van der Waals surface area contributed by atoms with Gasteiger partial charge in [0.05, 0.1) is 12.5 Å². The van der Waals surface area contributed by atoms with Gasteiger partial charge in [-0.15, -0.1) is 17.5 Å². The number of halogens is 1. The quantitative estimate of drug-likeness (QED) is 0.441. The van der Waals surface area contributed by atoms with Gasteiger partial charge in [0.15, 0.2) is 5.69 Å². The standard InChI is InChI=1S/C15H17N9O3.ClH/c16-13-14(21-27-20-13)24-12(11(18-22-24)9-23-5-1-2-6-23)15(25)19-17-8-10-4-3-7-26-10;/h3-4,7-8H,1-2,5-6,9H2,(H2,16,20)(H,19,25);1H/b17-8+;. The molecule has 1 amide bonds. The van der Waals surface area contributed by atoms with Crippen molar-refractivity contribution in [2.24, 2.45) is 5.10 Å². The van der Waals surface area contributed by atoms with E-state index in [4.69, 9.17) is 10.2 Å². The number of carbonyl (C=O) groups is 1. The fourth-order valence-corrected chi connectivity index (χ4v) is 2.86. The molecule has 0 aromatic carbocycles. The van der Waals surface area contributed by atoms with Crippen LogP contribution in [0.1, 0.15) is 34.8 Å².